The van der Waals surface area contributed by atoms with Crippen LogP contribution >= 0.6 is 11.6 Å². The molecule has 96 valence electrons. The highest BCUT2D eigenvalue weighted by atomic mass is 35.5. The number of benzene rings is 1. The van der Waals surface area contributed by atoms with Gasteiger partial charge in [0.1, 0.15) is 5.75 Å². The molecule has 0 aromatic heterocycles. The Morgan fingerprint density at radius 2 is 2.00 bits per heavy atom. The van der Waals surface area contributed by atoms with E-state index in [-0.39, 0.29) is 5.75 Å². The van der Waals surface area contributed by atoms with Crippen LogP contribution in [-0.4, -0.2) is 27.2 Å². The molecule has 0 amide bonds. The SMILES string of the molecule is COc1ccc(S(=O)(=O)CCCCCl)c(C)c1. The Bertz CT molecular complexity index is 469. The first kappa shape index (κ1) is 14.3. The minimum absolute atomic E-state index is 0.146. The first-order valence-corrected chi connectivity index (χ1v) is 7.63. The Labute approximate surface area is 108 Å². The van der Waals surface area contributed by atoms with Gasteiger partial charge in [-0.05, 0) is 43.5 Å². The minimum Gasteiger partial charge on any atom is -0.497 e. The molecule has 1 aromatic rings. The molecule has 3 nitrogen and oxygen atoms in total. The van der Waals surface area contributed by atoms with Crippen molar-refractivity contribution in [2.45, 2.75) is 24.7 Å². The summed E-state index contributed by atoms with van der Waals surface area (Å²) >= 11 is 5.54. The average Bonchev–Trinajstić information content (AvgIpc) is 2.28. The van der Waals surface area contributed by atoms with Crippen LogP contribution in [0.5, 0.6) is 5.75 Å². The van der Waals surface area contributed by atoms with E-state index >= 15 is 0 Å². The Morgan fingerprint density at radius 3 is 2.53 bits per heavy atom. The number of ether oxygens (including phenoxy) is 1. The maximum absolute atomic E-state index is 12.0. The normalized spacial score (nSPS) is 11.5. The summed E-state index contributed by atoms with van der Waals surface area (Å²) in [5, 5.41) is 0. The average molecular weight is 277 g/mol. The predicted octanol–water partition coefficient (Wildman–Crippen LogP) is 2.80. The molecule has 1 rings (SSSR count). The standard InChI is InChI=1S/C12H17ClO3S/c1-10-9-11(16-2)5-6-12(10)17(14,15)8-4-3-7-13/h5-6,9H,3-4,7-8H2,1-2H3. The fourth-order valence-electron chi connectivity index (χ4n) is 1.59. The first-order chi connectivity index (χ1) is 8.01. The fraction of sp³-hybridized carbons (Fsp3) is 0.500. The summed E-state index contributed by atoms with van der Waals surface area (Å²) in [5.41, 5.74) is 0.718. The molecule has 0 heterocycles. The molecular formula is C12H17ClO3S. The van der Waals surface area contributed by atoms with Gasteiger partial charge in [-0.25, -0.2) is 8.42 Å². The molecule has 0 radical (unpaired) electrons. The fourth-order valence-corrected chi connectivity index (χ4v) is 3.41. The third-order valence-electron chi connectivity index (χ3n) is 2.51. The van der Waals surface area contributed by atoms with E-state index in [1.165, 1.54) is 0 Å². The Balaban J connectivity index is 2.91. The topological polar surface area (TPSA) is 43.4 Å². The lowest BCUT2D eigenvalue weighted by atomic mass is 10.2. The molecule has 0 aliphatic carbocycles. The maximum Gasteiger partial charge on any atom is 0.178 e. The number of sulfone groups is 1. The second-order valence-corrected chi connectivity index (χ2v) is 6.30. The van der Waals surface area contributed by atoms with Gasteiger partial charge >= 0.3 is 0 Å². The minimum atomic E-state index is -3.20. The van der Waals surface area contributed by atoms with Crippen molar-refractivity contribution in [1.82, 2.24) is 0 Å². The highest BCUT2D eigenvalue weighted by Gasteiger charge is 2.16. The van der Waals surface area contributed by atoms with Gasteiger partial charge in [-0.2, -0.15) is 0 Å². The first-order valence-electron chi connectivity index (χ1n) is 5.44. The molecule has 0 bridgehead atoms. The number of hydrogen-bond acceptors (Lipinski definition) is 3. The van der Waals surface area contributed by atoms with Gasteiger partial charge in [-0.15, -0.1) is 11.6 Å². The monoisotopic (exact) mass is 276 g/mol. The van der Waals surface area contributed by atoms with Crippen molar-refractivity contribution in [3.05, 3.63) is 23.8 Å². The lowest BCUT2D eigenvalue weighted by molar-refractivity contribution is 0.414. The number of rotatable bonds is 6. The van der Waals surface area contributed by atoms with Crippen LogP contribution < -0.4 is 4.74 Å². The van der Waals surface area contributed by atoms with Crippen molar-refractivity contribution >= 4 is 21.4 Å². The molecule has 5 heteroatoms. The van der Waals surface area contributed by atoms with E-state index in [1.807, 2.05) is 0 Å². The lowest BCUT2D eigenvalue weighted by Crippen LogP contribution is -2.08. The summed E-state index contributed by atoms with van der Waals surface area (Å²) < 4.78 is 29.1. The Hall–Kier alpha value is -0.740. The molecule has 0 spiro atoms. The Kier molecular flexibility index (Phi) is 5.28. The molecule has 1 aromatic carbocycles. The number of unbranched alkanes of at least 4 members (excludes halogenated alkanes) is 1. The van der Waals surface area contributed by atoms with Gasteiger partial charge in [-0.1, -0.05) is 0 Å². The number of aryl methyl sites for hydroxylation is 1. The van der Waals surface area contributed by atoms with E-state index < -0.39 is 9.84 Å². The molecule has 17 heavy (non-hydrogen) atoms. The van der Waals surface area contributed by atoms with E-state index in [0.717, 1.165) is 12.0 Å². The number of methoxy groups -OCH3 is 1. The zero-order valence-electron chi connectivity index (χ0n) is 10.1. The van der Waals surface area contributed by atoms with Crippen LogP contribution in [0.25, 0.3) is 0 Å². The van der Waals surface area contributed by atoms with Crippen LogP contribution in [0.15, 0.2) is 23.1 Å². The smallest absolute Gasteiger partial charge is 0.178 e. The number of alkyl halides is 1. The molecule has 0 saturated carbocycles. The van der Waals surface area contributed by atoms with Crippen LogP contribution in [0.3, 0.4) is 0 Å². The lowest BCUT2D eigenvalue weighted by Gasteiger charge is -2.09. The van der Waals surface area contributed by atoms with Crippen molar-refractivity contribution in [2.75, 3.05) is 18.7 Å². The molecule has 0 unspecified atom stereocenters. The predicted molar refractivity (Wildman–Crippen MR) is 69.7 cm³/mol. The van der Waals surface area contributed by atoms with Gasteiger partial charge in [-0.3, -0.25) is 0 Å². The maximum atomic E-state index is 12.0. The summed E-state index contributed by atoms with van der Waals surface area (Å²) in [6, 6.07) is 5.00. The van der Waals surface area contributed by atoms with Crippen molar-refractivity contribution in [3.8, 4) is 5.75 Å². The third kappa shape index (κ3) is 3.89. The zero-order chi connectivity index (χ0) is 12.9. The van der Waals surface area contributed by atoms with Gasteiger partial charge in [0.05, 0.1) is 17.8 Å². The van der Waals surface area contributed by atoms with Gasteiger partial charge in [0.15, 0.2) is 9.84 Å². The van der Waals surface area contributed by atoms with Crippen LogP contribution in [0.4, 0.5) is 0 Å². The molecule has 0 saturated heterocycles. The zero-order valence-corrected chi connectivity index (χ0v) is 11.6. The van der Waals surface area contributed by atoms with Crippen LogP contribution in [0.2, 0.25) is 0 Å². The van der Waals surface area contributed by atoms with E-state index in [1.54, 1.807) is 32.2 Å². The number of hydrogen-bond donors (Lipinski definition) is 0. The van der Waals surface area contributed by atoms with Crippen LogP contribution in [0.1, 0.15) is 18.4 Å². The highest BCUT2D eigenvalue weighted by molar-refractivity contribution is 7.91. The van der Waals surface area contributed by atoms with Crippen molar-refractivity contribution < 1.29 is 13.2 Å². The third-order valence-corrected chi connectivity index (χ3v) is 4.74. The number of halogens is 1. The van der Waals surface area contributed by atoms with Crippen molar-refractivity contribution in [2.24, 2.45) is 0 Å². The summed E-state index contributed by atoms with van der Waals surface area (Å²) in [7, 11) is -1.64. The molecular weight excluding hydrogens is 260 g/mol. The quantitative estimate of drug-likeness (QED) is 0.593. The molecule has 0 aliphatic heterocycles. The molecule has 0 aliphatic rings. The van der Waals surface area contributed by atoms with Gasteiger partial charge in [0.2, 0.25) is 0 Å². The summed E-state index contributed by atoms with van der Waals surface area (Å²) in [6.07, 6.45) is 1.31. The summed E-state index contributed by atoms with van der Waals surface area (Å²) in [6.45, 7) is 1.77. The van der Waals surface area contributed by atoms with Crippen LogP contribution in [-0.2, 0) is 9.84 Å². The van der Waals surface area contributed by atoms with E-state index in [4.69, 9.17) is 16.3 Å². The summed E-state index contributed by atoms with van der Waals surface area (Å²) in [4.78, 5) is 0.382. The molecule has 0 fully saturated rings. The van der Waals surface area contributed by atoms with Gasteiger partial charge < -0.3 is 4.74 Å². The van der Waals surface area contributed by atoms with Gasteiger partial charge in [0.25, 0.3) is 0 Å². The second-order valence-electron chi connectivity index (χ2n) is 3.85. The van der Waals surface area contributed by atoms with Crippen molar-refractivity contribution in [1.29, 1.82) is 0 Å². The Morgan fingerprint density at radius 1 is 1.29 bits per heavy atom. The van der Waals surface area contributed by atoms with Crippen molar-refractivity contribution in [3.63, 3.8) is 0 Å². The van der Waals surface area contributed by atoms with E-state index in [0.29, 0.717) is 22.9 Å². The summed E-state index contributed by atoms with van der Waals surface area (Å²) in [5.74, 6) is 1.31. The second kappa shape index (κ2) is 6.26. The van der Waals surface area contributed by atoms with E-state index in [9.17, 15) is 8.42 Å². The van der Waals surface area contributed by atoms with Crippen LogP contribution in [0, 0.1) is 6.92 Å². The van der Waals surface area contributed by atoms with E-state index in [2.05, 4.69) is 0 Å². The largest absolute Gasteiger partial charge is 0.497 e. The molecule has 0 N–H and O–H groups in total. The molecule has 0 atom stereocenters. The highest BCUT2D eigenvalue weighted by Crippen LogP contribution is 2.22. The van der Waals surface area contributed by atoms with Gasteiger partial charge in [0, 0.05) is 5.88 Å².